The molecule has 0 aliphatic rings. The Morgan fingerprint density at radius 1 is 1.38 bits per heavy atom. The monoisotopic (exact) mass is 299 g/mol. The van der Waals surface area contributed by atoms with Crippen LogP contribution in [-0.4, -0.2) is 48.1 Å². The van der Waals surface area contributed by atoms with Gasteiger partial charge >= 0.3 is 12.0 Å². The average molecular weight is 299 g/mol. The van der Waals surface area contributed by atoms with Crippen molar-refractivity contribution >= 4 is 23.6 Å². The molecular weight excluding hydrogens is 285 g/mol. The molecule has 0 saturated heterocycles. The number of amides is 3. The number of anilines is 1. The molecule has 9 heteroatoms. The van der Waals surface area contributed by atoms with Gasteiger partial charge in [0.1, 0.15) is 24.7 Å². The fraction of sp³-hybridized carbons (Fsp3) is 0.250. The number of benzene rings is 1. The van der Waals surface area contributed by atoms with E-state index in [0.717, 1.165) is 12.1 Å². The molecule has 0 radical (unpaired) electrons. The highest BCUT2D eigenvalue weighted by molar-refractivity contribution is 5.95. The third-order valence-electron chi connectivity index (χ3n) is 2.37. The molecule has 0 aliphatic heterocycles. The highest BCUT2D eigenvalue weighted by Crippen LogP contribution is 2.25. The van der Waals surface area contributed by atoms with Crippen molar-refractivity contribution in [2.75, 3.05) is 25.5 Å². The lowest BCUT2D eigenvalue weighted by molar-refractivity contribution is -0.137. The van der Waals surface area contributed by atoms with Gasteiger partial charge in [-0.3, -0.25) is 9.59 Å². The minimum Gasteiger partial charge on any atom is -0.494 e. The predicted molar refractivity (Wildman–Crippen MR) is 70.4 cm³/mol. The first-order chi connectivity index (χ1) is 9.83. The second-order valence-corrected chi connectivity index (χ2v) is 3.99. The maximum atomic E-state index is 13.0. The molecule has 0 fully saturated rings. The molecule has 8 nitrogen and oxygen atoms in total. The Morgan fingerprint density at radius 3 is 2.57 bits per heavy atom. The van der Waals surface area contributed by atoms with Crippen LogP contribution in [0.3, 0.4) is 0 Å². The summed E-state index contributed by atoms with van der Waals surface area (Å²) < 4.78 is 17.9. The van der Waals surface area contributed by atoms with Crippen LogP contribution < -0.4 is 15.8 Å². The van der Waals surface area contributed by atoms with Crippen molar-refractivity contribution in [3.8, 4) is 5.75 Å². The number of hydrogen-bond acceptors (Lipinski definition) is 4. The molecule has 0 atom stereocenters. The number of hydrogen-bond donors (Lipinski definition) is 3. The fourth-order valence-electron chi connectivity index (χ4n) is 1.51. The van der Waals surface area contributed by atoms with Crippen molar-refractivity contribution in [1.29, 1.82) is 0 Å². The van der Waals surface area contributed by atoms with Crippen molar-refractivity contribution in [1.82, 2.24) is 4.90 Å². The van der Waals surface area contributed by atoms with Crippen LogP contribution in [0.4, 0.5) is 14.9 Å². The lowest BCUT2D eigenvalue weighted by atomic mass is 10.3. The number of ether oxygens (including phenoxy) is 1. The highest BCUT2D eigenvalue weighted by Gasteiger charge is 2.20. The van der Waals surface area contributed by atoms with Gasteiger partial charge < -0.3 is 25.8 Å². The first-order valence-corrected chi connectivity index (χ1v) is 5.73. The minimum atomic E-state index is -1.31. The van der Waals surface area contributed by atoms with E-state index in [0.29, 0.717) is 4.90 Å². The van der Waals surface area contributed by atoms with Gasteiger partial charge in [0.05, 0.1) is 12.8 Å². The number of carbonyl (C=O) groups excluding carboxylic acids is 2. The van der Waals surface area contributed by atoms with Crippen LogP contribution in [0.25, 0.3) is 0 Å². The average Bonchev–Trinajstić information content (AvgIpc) is 2.38. The Balaban J connectivity index is 2.90. The van der Waals surface area contributed by atoms with E-state index in [1.165, 1.54) is 13.2 Å². The molecule has 3 amide bonds. The molecule has 0 aromatic heterocycles. The van der Waals surface area contributed by atoms with Gasteiger partial charge in [0, 0.05) is 6.07 Å². The summed E-state index contributed by atoms with van der Waals surface area (Å²) in [7, 11) is 1.28. The number of aliphatic carboxylic acids is 1. The van der Waals surface area contributed by atoms with Gasteiger partial charge in [-0.1, -0.05) is 0 Å². The summed E-state index contributed by atoms with van der Waals surface area (Å²) in [5.41, 5.74) is 5.08. The third kappa shape index (κ3) is 4.97. The van der Waals surface area contributed by atoms with E-state index >= 15 is 0 Å². The Bertz CT molecular complexity index is 548. The zero-order valence-electron chi connectivity index (χ0n) is 11.1. The topological polar surface area (TPSA) is 122 Å². The van der Waals surface area contributed by atoms with Gasteiger partial charge in [-0.15, -0.1) is 0 Å². The van der Waals surface area contributed by atoms with Gasteiger partial charge in [0.2, 0.25) is 5.91 Å². The Kier molecular flexibility index (Phi) is 5.47. The summed E-state index contributed by atoms with van der Waals surface area (Å²) in [6.07, 6.45) is 0. The maximum Gasteiger partial charge on any atom is 0.323 e. The van der Waals surface area contributed by atoms with Gasteiger partial charge in [-0.25, -0.2) is 9.18 Å². The van der Waals surface area contributed by atoms with Crippen LogP contribution in [0, 0.1) is 5.82 Å². The van der Waals surface area contributed by atoms with Gasteiger partial charge in [-0.05, 0) is 12.1 Å². The summed E-state index contributed by atoms with van der Waals surface area (Å²) in [5.74, 6) is -2.68. The molecule has 1 aromatic rings. The van der Waals surface area contributed by atoms with E-state index in [4.69, 9.17) is 15.6 Å². The van der Waals surface area contributed by atoms with Crippen molar-refractivity contribution < 1.29 is 28.6 Å². The molecule has 0 unspecified atom stereocenters. The van der Waals surface area contributed by atoms with Crippen LogP contribution in [0.1, 0.15) is 0 Å². The van der Waals surface area contributed by atoms with Crippen molar-refractivity contribution in [2.45, 2.75) is 0 Å². The van der Waals surface area contributed by atoms with E-state index in [2.05, 4.69) is 5.32 Å². The Labute approximate surface area is 119 Å². The van der Waals surface area contributed by atoms with Gasteiger partial charge in [0.25, 0.3) is 0 Å². The quantitative estimate of drug-likeness (QED) is 0.694. The van der Waals surface area contributed by atoms with Crippen molar-refractivity contribution in [3.05, 3.63) is 24.0 Å². The maximum absolute atomic E-state index is 13.0. The number of carboxylic acid groups (broad SMARTS) is 1. The zero-order chi connectivity index (χ0) is 16.0. The largest absolute Gasteiger partial charge is 0.494 e. The lowest BCUT2D eigenvalue weighted by Crippen LogP contribution is -2.43. The van der Waals surface area contributed by atoms with Crippen LogP contribution in [0.15, 0.2) is 18.2 Å². The van der Waals surface area contributed by atoms with Crippen LogP contribution in [0.2, 0.25) is 0 Å². The summed E-state index contributed by atoms with van der Waals surface area (Å²) in [6, 6.07) is 2.51. The third-order valence-corrected chi connectivity index (χ3v) is 2.37. The molecule has 0 saturated carbocycles. The molecule has 0 heterocycles. The number of urea groups is 1. The van der Waals surface area contributed by atoms with Crippen molar-refractivity contribution in [3.63, 3.8) is 0 Å². The Morgan fingerprint density at radius 2 is 2.05 bits per heavy atom. The van der Waals surface area contributed by atoms with E-state index in [9.17, 15) is 18.8 Å². The molecule has 0 bridgehead atoms. The number of primary amides is 1. The lowest BCUT2D eigenvalue weighted by Gasteiger charge is -2.20. The second kappa shape index (κ2) is 7.08. The SMILES string of the molecule is COc1cc(F)ccc1NC(=O)N(CC(N)=O)CC(=O)O. The van der Waals surface area contributed by atoms with E-state index < -0.39 is 36.8 Å². The first-order valence-electron chi connectivity index (χ1n) is 5.73. The smallest absolute Gasteiger partial charge is 0.323 e. The standard InChI is InChI=1S/C12H14FN3O5/c1-21-9-4-7(13)2-3-8(9)15-12(20)16(5-10(14)17)6-11(18)19/h2-4H,5-6H2,1H3,(H2,14,17)(H,15,20)(H,18,19). The number of nitrogens with zero attached hydrogens (tertiary/aromatic N) is 1. The number of rotatable bonds is 6. The molecular formula is C12H14FN3O5. The van der Waals surface area contributed by atoms with Crippen molar-refractivity contribution in [2.24, 2.45) is 5.73 Å². The number of methoxy groups -OCH3 is 1. The highest BCUT2D eigenvalue weighted by atomic mass is 19.1. The van der Waals surface area contributed by atoms with Gasteiger partial charge in [0.15, 0.2) is 0 Å². The van der Waals surface area contributed by atoms with Crippen LogP contribution in [0.5, 0.6) is 5.75 Å². The molecule has 1 rings (SSSR count). The molecule has 0 aliphatic carbocycles. The van der Waals surface area contributed by atoms with E-state index in [-0.39, 0.29) is 11.4 Å². The number of halogens is 1. The molecule has 0 spiro atoms. The zero-order valence-corrected chi connectivity index (χ0v) is 11.1. The summed E-state index contributed by atoms with van der Waals surface area (Å²) >= 11 is 0. The number of nitrogens with two attached hydrogens (primary N) is 1. The van der Waals surface area contributed by atoms with E-state index in [1.54, 1.807) is 0 Å². The summed E-state index contributed by atoms with van der Waals surface area (Å²) in [6.45, 7) is -1.28. The number of carboxylic acids is 1. The minimum absolute atomic E-state index is 0.0534. The Hall–Kier alpha value is -2.84. The second-order valence-electron chi connectivity index (χ2n) is 3.99. The normalized spacial score (nSPS) is 9.81. The molecule has 4 N–H and O–H groups in total. The summed E-state index contributed by atoms with van der Waals surface area (Å²) in [4.78, 5) is 34.1. The number of nitrogens with one attached hydrogen (secondary N) is 1. The summed E-state index contributed by atoms with van der Waals surface area (Å²) in [5, 5.41) is 11.0. The molecule has 1 aromatic carbocycles. The van der Waals surface area contributed by atoms with E-state index in [1.807, 2.05) is 0 Å². The molecule has 21 heavy (non-hydrogen) atoms. The number of carbonyl (C=O) groups is 3. The van der Waals surface area contributed by atoms with Gasteiger partial charge in [-0.2, -0.15) is 0 Å². The molecule has 114 valence electrons. The predicted octanol–water partition coefficient (Wildman–Crippen LogP) is 0.238. The van der Waals surface area contributed by atoms with Crippen LogP contribution in [-0.2, 0) is 9.59 Å². The fourth-order valence-corrected chi connectivity index (χ4v) is 1.51. The first kappa shape index (κ1) is 16.2. The van der Waals surface area contributed by atoms with Crippen LogP contribution >= 0.6 is 0 Å².